The molecule has 1 aromatic heterocycles. The molecule has 28 heavy (non-hydrogen) atoms. The number of nitrogens with one attached hydrogen (secondary N) is 1. The third-order valence-corrected chi connectivity index (χ3v) is 4.89. The SMILES string of the molecule is CC[C@H](CNC(=O)[C@H](C)Oc1ccc2c(C)cc(=O)oc2c1)c1ccccc1. The van der Waals surface area contributed by atoms with Gasteiger partial charge in [0.25, 0.3) is 5.91 Å². The van der Waals surface area contributed by atoms with Gasteiger partial charge >= 0.3 is 5.63 Å². The summed E-state index contributed by atoms with van der Waals surface area (Å²) in [4.78, 5) is 24.0. The highest BCUT2D eigenvalue weighted by Crippen LogP contribution is 2.23. The lowest BCUT2D eigenvalue weighted by atomic mass is 9.96. The van der Waals surface area contributed by atoms with E-state index in [2.05, 4.69) is 24.4 Å². The summed E-state index contributed by atoms with van der Waals surface area (Å²) in [6, 6.07) is 16.8. The van der Waals surface area contributed by atoms with E-state index in [1.807, 2.05) is 31.2 Å². The molecule has 0 spiro atoms. The van der Waals surface area contributed by atoms with E-state index in [1.165, 1.54) is 11.6 Å². The van der Waals surface area contributed by atoms with E-state index in [9.17, 15) is 9.59 Å². The lowest BCUT2D eigenvalue weighted by Crippen LogP contribution is -2.38. The van der Waals surface area contributed by atoms with Gasteiger partial charge in [0, 0.05) is 30.0 Å². The smallest absolute Gasteiger partial charge is 0.336 e. The number of hydrogen-bond donors (Lipinski definition) is 1. The van der Waals surface area contributed by atoms with Gasteiger partial charge in [0.1, 0.15) is 11.3 Å². The molecule has 0 saturated carbocycles. The van der Waals surface area contributed by atoms with Crippen LogP contribution in [0.1, 0.15) is 37.3 Å². The number of amides is 1. The molecule has 3 rings (SSSR count). The van der Waals surface area contributed by atoms with Crippen LogP contribution < -0.4 is 15.7 Å². The predicted molar refractivity (Wildman–Crippen MR) is 110 cm³/mol. The standard InChI is InChI=1S/C23H25NO4/c1-4-17(18-8-6-5-7-9-18)14-24-23(26)16(3)27-19-10-11-20-15(2)12-22(25)28-21(20)13-19/h5-13,16-17H,4,14H2,1-3H3,(H,24,26)/t16-,17+/m0/s1. The quantitative estimate of drug-likeness (QED) is 0.625. The average molecular weight is 379 g/mol. The van der Waals surface area contributed by atoms with E-state index in [1.54, 1.807) is 19.1 Å². The normalized spacial score (nSPS) is 13.1. The van der Waals surface area contributed by atoms with Crippen LogP contribution >= 0.6 is 0 Å². The van der Waals surface area contributed by atoms with Gasteiger partial charge in [-0.3, -0.25) is 4.79 Å². The lowest BCUT2D eigenvalue weighted by Gasteiger charge is -2.19. The largest absolute Gasteiger partial charge is 0.481 e. The third-order valence-electron chi connectivity index (χ3n) is 4.89. The van der Waals surface area contributed by atoms with E-state index in [0.29, 0.717) is 17.9 Å². The number of carbonyl (C=O) groups is 1. The van der Waals surface area contributed by atoms with E-state index in [4.69, 9.17) is 9.15 Å². The minimum absolute atomic E-state index is 0.180. The minimum Gasteiger partial charge on any atom is -0.481 e. The van der Waals surface area contributed by atoms with Crippen molar-refractivity contribution in [3.63, 3.8) is 0 Å². The molecule has 0 aliphatic heterocycles. The maximum atomic E-state index is 12.5. The van der Waals surface area contributed by atoms with Crippen molar-refractivity contribution in [3.8, 4) is 5.75 Å². The van der Waals surface area contributed by atoms with Crippen LogP contribution in [0.15, 0.2) is 63.8 Å². The molecule has 0 radical (unpaired) electrons. The molecule has 2 aromatic carbocycles. The van der Waals surface area contributed by atoms with E-state index >= 15 is 0 Å². The first-order chi connectivity index (χ1) is 13.5. The van der Waals surface area contributed by atoms with Crippen molar-refractivity contribution < 1.29 is 13.9 Å². The summed E-state index contributed by atoms with van der Waals surface area (Å²) >= 11 is 0. The number of aryl methyl sites for hydroxylation is 1. The van der Waals surface area contributed by atoms with Crippen molar-refractivity contribution in [2.24, 2.45) is 0 Å². The summed E-state index contributed by atoms with van der Waals surface area (Å²) in [7, 11) is 0. The monoisotopic (exact) mass is 379 g/mol. The fraction of sp³-hybridized carbons (Fsp3) is 0.304. The number of benzene rings is 2. The summed E-state index contributed by atoms with van der Waals surface area (Å²) in [6.07, 6.45) is 0.269. The Balaban J connectivity index is 1.64. The Kier molecular flexibility index (Phi) is 6.14. The average Bonchev–Trinajstić information content (AvgIpc) is 2.68. The fourth-order valence-electron chi connectivity index (χ4n) is 3.23. The topological polar surface area (TPSA) is 68.5 Å². The minimum atomic E-state index is -0.665. The Morgan fingerprint density at radius 2 is 1.89 bits per heavy atom. The van der Waals surface area contributed by atoms with Crippen molar-refractivity contribution in [3.05, 3.63) is 76.1 Å². The summed E-state index contributed by atoms with van der Waals surface area (Å²) < 4.78 is 11.0. The zero-order chi connectivity index (χ0) is 20.1. The second-order valence-corrected chi connectivity index (χ2v) is 6.93. The Bertz CT molecular complexity index is 1010. The first kappa shape index (κ1) is 19.7. The highest BCUT2D eigenvalue weighted by molar-refractivity contribution is 5.82. The lowest BCUT2D eigenvalue weighted by molar-refractivity contribution is -0.127. The van der Waals surface area contributed by atoms with Gasteiger partial charge in [0.15, 0.2) is 6.10 Å². The predicted octanol–water partition coefficient (Wildman–Crippen LogP) is 4.18. The van der Waals surface area contributed by atoms with Crippen LogP contribution in [0.3, 0.4) is 0 Å². The molecule has 0 fully saturated rings. The molecular weight excluding hydrogens is 354 g/mol. The van der Waals surface area contributed by atoms with Crippen LogP contribution in [0, 0.1) is 6.92 Å². The van der Waals surface area contributed by atoms with Crippen molar-refractivity contribution in [1.82, 2.24) is 5.32 Å². The number of ether oxygens (including phenoxy) is 1. The Morgan fingerprint density at radius 3 is 2.61 bits per heavy atom. The molecule has 1 amide bonds. The van der Waals surface area contributed by atoms with Crippen molar-refractivity contribution in [1.29, 1.82) is 0 Å². The molecule has 5 nitrogen and oxygen atoms in total. The Hall–Kier alpha value is -3.08. The first-order valence-electron chi connectivity index (χ1n) is 9.51. The fourth-order valence-corrected chi connectivity index (χ4v) is 3.23. The van der Waals surface area contributed by atoms with Crippen LogP contribution in [-0.4, -0.2) is 18.6 Å². The first-order valence-corrected chi connectivity index (χ1v) is 9.51. The van der Waals surface area contributed by atoms with Crippen molar-refractivity contribution >= 4 is 16.9 Å². The molecular formula is C23H25NO4. The van der Waals surface area contributed by atoms with Gasteiger partial charge in [-0.15, -0.1) is 0 Å². The van der Waals surface area contributed by atoms with Gasteiger partial charge < -0.3 is 14.5 Å². The highest BCUT2D eigenvalue weighted by Gasteiger charge is 2.17. The molecule has 0 aliphatic rings. The maximum Gasteiger partial charge on any atom is 0.336 e. The zero-order valence-electron chi connectivity index (χ0n) is 16.4. The Morgan fingerprint density at radius 1 is 1.14 bits per heavy atom. The maximum absolute atomic E-state index is 12.5. The molecule has 146 valence electrons. The molecule has 0 unspecified atom stereocenters. The van der Waals surface area contributed by atoms with Crippen LogP contribution in [-0.2, 0) is 4.79 Å². The molecule has 0 aliphatic carbocycles. The van der Waals surface area contributed by atoms with Crippen LogP contribution in [0.4, 0.5) is 0 Å². The van der Waals surface area contributed by atoms with E-state index < -0.39 is 11.7 Å². The van der Waals surface area contributed by atoms with Crippen LogP contribution in [0.5, 0.6) is 5.75 Å². The van der Waals surface area contributed by atoms with Gasteiger partial charge in [-0.05, 0) is 43.5 Å². The second-order valence-electron chi connectivity index (χ2n) is 6.93. The van der Waals surface area contributed by atoms with Crippen LogP contribution in [0.25, 0.3) is 11.0 Å². The molecule has 0 bridgehead atoms. The van der Waals surface area contributed by atoms with E-state index in [-0.39, 0.29) is 11.8 Å². The molecule has 5 heteroatoms. The summed E-state index contributed by atoms with van der Waals surface area (Å²) in [5.74, 6) is 0.564. The highest BCUT2D eigenvalue weighted by atomic mass is 16.5. The number of carbonyl (C=O) groups excluding carboxylic acids is 1. The number of fused-ring (bicyclic) bond motifs is 1. The zero-order valence-corrected chi connectivity index (χ0v) is 16.4. The summed E-state index contributed by atoms with van der Waals surface area (Å²) in [5.41, 5.74) is 2.10. The molecule has 1 N–H and O–H groups in total. The summed E-state index contributed by atoms with van der Waals surface area (Å²) in [5, 5.41) is 3.82. The Labute approximate surface area is 164 Å². The molecule has 3 aromatic rings. The number of hydrogen-bond acceptors (Lipinski definition) is 4. The third kappa shape index (κ3) is 4.60. The van der Waals surface area contributed by atoms with Crippen molar-refractivity contribution in [2.75, 3.05) is 6.54 Å². The molecule has 0 saturated heterocycles. The second kappa shape index (κ2) is 8.74. The van der Waals surface area contributed by atoms with Gasteiger partial charge in [-0.1, -0.05) is 37.3 Å². The van der Waals surface area contributed by atoms with Crippen LogP contribution in [0.2, 0.25) is 0 Å². The van der Waals surface area contributed by atoms with Gasteiger partial charge in [0.2, 0.25) is 0 Å². The van der Waals surface area contributed by atoms with E-state index in [0.717, 1.165) is 17.4 Å². The van der Waals surface area contributed by atoms with Gasteiger partial charge in [-0.25, -0.2) is 4.79 Å². The van der Waals surface area contributed by atoms with Crippen molar-refractivity contribution in [2.45, 2.75) is 39.2 Å². The number of rotatable bonds is 7. The summed E-state index contributed by atoms with van der Waals surface area (Å²) in [6.45, 7) is 6.22. The van der Waals surface area contributed by atoms with Gasteiger partial charge in [-0.2, -0.15) is 0 Å². The molecule has 1 heterocycles. The van der Waals surface area contributed by atoms with Gasteiger partial charge in [0.05, 0.1) is 0 Å². The molecule has 2 atom stereocenters.